The summed E-state index contributed by atoms with van der Waals surface area (Å²) in [5, 5.41) is 19.4. The molecule has 194 valence electrons. The molecule has 2 fully saturated rings. The number of hydrogen-bond acceptors (Lipinski definition) is 7. The van der Waals surface area contributed by atoms with Gasteiger partial charge in [-0.15, -0.1) is 0 Å². The lowest BCUT2D eigenvalue weighted by molar-refractivity contribution is -0.117. The number of ketones is 1. The maximum Gasteiger partial charge on any atom is 0.204 e. The lowest BCUT2D eigenvalue weighted by atomic mass is 9.89. The number of Topliss-reactive ketones (excluding diaryl/α,β-unsaturated/α-hetero) is 1. The number of likely N-dealkylation sites (tertiary alicyclic amines) is 1. The van der Waals surface area contributed by atoms with Gasteiger partial charge in [0.05, 0.1) is 30.9 Å². The fourth-order valence-corrected chi connectivity index (χ4v) is 5.03. The highest BCUT2D eigenvalue weighted by Gasteiger charge is 2.30. The van der Waals surface area contributed by atoms with Gasteiger partial charge in [-0.05, 0) is 35.4 Å². The zero-order valence-corrected chi connectivity index (χ0v) is 21.5. The van der Waals surface area contributed by atoms with Crippen LogP contribution in [0.3, 0.4) is 0 Å². The summed E-state index contributed by atoms with van der Waals surface area (Å²) in [4.78, 5) is 20.9. The highest BCUT2D eigenvalue weighted by Crippen LogP contribution is 2.30. The average molecular weight is 509 g/mol. The molecule has 0 spiro atoms. The molecule has 0 bridgehead atoms. The highest BCUT2D eigenvalue weighted by atomic mass is 16.5. The van der Waals surface area contributed by atoms with Gasteiger partial charge in [-0.3, -0.25) is 14.7 Å². The summed E-state index contributed by atoms with van der Waals surface area (Å²) in [7, 11) is 0. The number of aliphatic imine (C=N–C) groups is 1. The molecule has 2 saturated heterocycles. The lowest BCUT2D eigenvalue weighted by Crippen LogP contribution is -2.47. The summed E-state index contributed by atoms with van der Waals surface area (Å²) in [6.07, 6.45) is 2.17. The van der Waals surface area contributed by atoms with Crippen molar-refractivity contribution in [3.8, 4) is 17.9 Å². The Morgan fingerprint density at radius 2 is 1.66 bits per heavy atom. The number of nitriles is 1. The number of hydrogen-bond donors (Lipinski definition) is 1. The summed E-state index contributed by atoms with van der Waals surface area (Å²) < 4.78 is 5.42. The fourth-order valence-electron chi connectivity index (χ4n) is 5.03. The van der Waals surface area contributed by atoms with Crippen molar-refractivity contribution in [2.75, 3.05) is 45.9 Å². The van der Waals surface area contributed by atoms with Crippen molar-refractivity contribution in [1.29, 1.82) is 5.26 Å². The molecular weight excluding hydrogens is 476 g/mol. The van der Waals surface area contributed by atoms with Crippen LogP contribution in [0.5, 0.6) is 0 Å². The molecule has 2 aromatic carbocycles. The van der Waals surface area contributed by atoms with Crippen LogP contribution in [-0.2, 0) is 16.1 Å². The topological polar surface area (TPSA) is 89.2 Å². The molecule has 3 aliphatic rings. The minimum atomic E-state index is -0.290. The molecule has 0 saturated carbocycles. The molecule has 0 amide bonds. The van der Waals surface area contributed by atoms with Gasteiger partial charge >= 0.3 is 0 Å². The number of nitrogens with zero attached hydrogens (tertiary/aromatic N) is 4. The molecule has 5 rings (SSSR count). The van der Waals surface area contributed by atoms with Crippen molar-refractivity contribution in [2.45, 2.75) is 25.3 Å². The number of rotatable bonds is 7. The van der Waals surface area contributed by atoms with E-state index in [0.717, 1.165) is 69.2 Å². The first-order valence-corrected chi connectivity index (χ1v) is 13.2. The molecular formula is C31H32N4O3. The minimum absolute atomic E-state index is 0.0378. The SMILES string of the molecule is N#CC1CN(CC(CC2=C(O)C(=O)CC=N2)c2ccc(C#Cc3ccc(CN4CCOCC4)cc3)cc2)C1. The van der Waals surface area contributed by atoms with E-state index in [-0.39, 0.29) is 29.8 Å². The van der Waals surface area contributed by atoms with Crippen LogP contribution in [-0.4, -0.2) is 72.8 Å². The predicted octanol–water partition coefficient (Wildman–Crippen LogP) is 3.66. The maximum absolute atomic E-state index is 12.0. The lowest BCUT2D eigenvalue weighted by Gasteiger charge is -2.38. The summed E-state index contributed by atoms with van der Waals surface area (Å²) >= 11 is 0. The monoisotopic (exact) mass is 508 g/mol. The van der Waals surface area contributed by atoms with E-state index < -0.39 is 0 Å². The third kappa shape index (κ3) is 6.57. The molecule has 0 radical (unpaired) electrons. The molecule has 3 aliphatic heterocycles. The van der Waals surface area contributed by atoms with E-state index >= 15 is 0 Å². The zero-order chi connectivity index (χ0) is 26.3. The largest absolute Gasteiger partial charge is 0.503 e. The Bertz CT molecular complexity index is 1300. The van der Waals surface area contributed by atoms with E-state index in [1.807, 2.05) is 12.1 Å². The van der Waals surface area contributed by atoms with Crippen LogP contribution in [0, 0.1) is 29.1 Å². The van der Waals surface area contributed by atoms with Crippen LogP contribution in [0.2, 0.25) is 0 Å². The van der Waals surface area contributed by atoms with E-state index in [1.165, 1.54) is 5.56 Å². The van der Waals surface area contributed by atoms with Crippen molar-refractivity contribution in [1.82, 2.24) is 9.80 Å². The number of carbonyl (C=O) groups excluding carboxylic acids is 1. The minimum Gasteiger partial charge on any atom is -0.503 e. The van der Waals surface area contributed by atoms with Gasteiger partial charge in [-0.1, -0.05) is 36.1 Å². The van der Waals surface area contributed by atoms with Crippen LogP contribution in [0.25, 0.3) is 0 Å². The molecule has 0 aromatic heterocycles. The van der Waals surface area contributed by atoms with Crippen LogP contribution in [0.15, 0.2) is 65.0 Å². The quantitative estimate of drug-likeness (QED) is 0.575. The molecule has 0 aliphatic carbocycles. The Hall–Kier alpha value is -3.75. The van der Waals surface area contributed by atoms with Crippen molar-refractivity contribution in [3.05, 3.63) is 82.2 Å². The Morgan fingerprint density at radius 3 is 2.32 bits per heavy atom. The van der Waals surface area contributed by atoms with Crippen LogP contribution in [0.1, 0.15) is 41.0 Å². The molecule has 1 unspecified atom stereocenters. The van der Waals surface area contributed by atoms with E-state index in [1.54, 1.807) is 6.21 Å². The van der Waals surface area contributed by atoms with Crippen LogP contribution >= 0.6 is 0 Å². The van der Waals surface area contributed by atoms with Crippen LogP contribution < -0.4 is 0 Å². The van der Waals surface area contributed by atoms with Gasteiger partial charge in [0.1, 0.15) is 0 Å². The Kier molecular flexibility index (Phi) is 8.31. The van der Waals surface area contributed by atoms with Gasteiger partial charge in [0.25, 0.3) is 0 Å². The molecule has 2 aromatic rings. The van der Waals surface area contributed by atoms with Gasteiger partial charge < -0.3 is 14.7 Å². The van der Waals surface area contributed by atoms with Crippen molar-refractivity contribution < 1.29 is 14.6 Å². The second-order valence-corrected chi connectivity index (χ2v) is 10.1. The number of allylic oxidation sites excluding steroid dienone is 2. The fraction of sp³-hybridized carbons (Fsp3) is 0.387. The third-order valence-electron chi connectivity index (χ3n) is 7.32. The Morgan fingerprint density at radius 1 is 1.00 bits per heavy atom. The van der Waals surface area contributed by atoms with E-state index in [4.69, 9.17) is 10.00 Å². The molecule has 3 heterocycles. The van der Waals surface area contributed by atoms with Crippen LogP contribution in [0.4, 0.5) is 0 Å². The normalized spacial score (nSPS) is 19.4. The number of benzene rings is 2. The molecule has 7 heteroatoms. The highest BCUT2D eigenvalue weighted by molar-refractivity contribution is 6.03. The van der Waals surface area contributed by atoms with Crippen molar-refractivity contribution in [2.24, 2.45) is 10.9 Å². The maximum atomic E-state index is 12.0. The second kappa shape index (κ2) is 12.2. The number of aliphatic hydroxyl groups excluding tert-OH is 1. The number of carbonyl (C=O) groups is 1. The van der Waals surface area contributed by atoms with Gasteiger partial charge in [0.15, 0.2) is 5.76 Å². The Labute approximate surface area is 224 Å². The zero-order valence-electron chi connectivity index (χ0n) is 21.5. The van der Waals surface area contributed by atoms with Crippen molar-refractivity contribution >= 4 is 12.0 Å². The first-order chi connectivity index (χ1) is 18.6. The number of aliphatic hydroxyl groups is 1. The van der Waals surface area contributed by atoms with Gasteiger partial charge in [0.2, 0.25) is 5.78 Å². The average Bonchev–Trinajstić information content (AvgIpc) is 2.92. The van der Waals surface area contributed by atoms with Gasteiger partial charge in [0, 0.05) is 75.4 Å². The number of morpholine rings is 1. The summed E-state index contributed by atoms with van der Waals surface area (Å²) in [6.45, 7) is 6.71. The first-order valence-electron chi connectivity index (χ1n) is 13.2. The van der Waals surface area contributed by atoms with E-state index in [2.05, 4.69) is 69.1 Å². The van der Waals surface area contributed by atoms with Gasteiger partial charge in [-0.25, -0.2) is 0 Å². The van der Waals surface area contributed by atoms with Crippen molar-refractivity contribution in [3.63, 3.8) is 0 Å². The van der Waals surface area contributed by atoms with E-state index in [9.17, 15) is 9.90 Å². The molecule has 1 N–H and O–H groups in total. The smallest absolute Gasteiger partial charge is 0.204 e. The molecule has 7 nitrogen and oxygen atoms in total. The van der Waals surface area contributed by atoms with Gasteiger partial charge in [-0.2, -0.15) is 5.26 Å². The molecule has 38 heavy (non-hydrogen) atoms. The summed E-state index contributed by atoms with van der Waals surface area (Å²) in [5.41, 5.74) is 4.71. The second-order valence-electron chi connectivity index (χ2n) is 10.1. The molecule has 1 atom stereocenters. The third-order valence-corrected chi connectivity index (χ3v) is 7.32. The predicted molar refractivity (Wildman–Crippen MR) is 146 cm³/mol. The summed E-state index contributed by atoms with van der Waals surface area (Å²) in [6, 6.07) is 18.9. The number of ether oxygens (including phenoxy) is 1. The first kappa shape index (κ1) is 25.9. The van der Waals surface area contributed by atoms with E-state index in [0.29, 0.717) is 12.1 Å². The summed E-state index contributed by atoms with van der Waals surface area (Å²) in [5.74, 6) is 6.11. The Balaban J connectivity index is 1.25. The standard InChI is InChI=1S/C31H32N4O3/c32-18-26-20-35(21-26)22-28(17-29-31(37)30(36)11-12-33-29)27-9-7-24(8-10-27)2-1-23-3-5-25(6-4-23)19-34-13-15-38-16-14-34/h3-10,12,26,28,37H,11,13-17,19-22H2.